The Balaban J connectivity index is 1.49. The summed E-state index contributed by atoms with van der Waals surface area (Å²) in [6.45, 7) is 2.93. The van der Waals surface area contributed by atoms with E-state index in [2.05, 4.69) is 34.6 Å². The Bertz CT molecular complexity index is 600. The standard InChI is InChI=1S/C20H28N2O3/c23-20(24)17-9-6-12-22(15-17)13-14-25-21-19-11-5-4-10-18(19)16-7-2-1-3-8-16/h1-3,7-8,17,21H,4-6,9-15H2,(H,23,24)/t17-/m1/s1. The van der Waals surface area contributed by atoms with Gasteiger partial charge in [0, 0.05) is 18.8 Å². The van der Waals surface area contributed by atoms with Gasteiger partial charge in [0.1, 0.15) is 0 Å². The fourth-order valence-electron chi connectivity index (χ4n) is 3.75. The summed E-state index contributed by atoms with van der Waals surface area (Å²) in [5.41, 5.74) is 7.00. The van der Waals surface area contributed by atoms with E-state index in [4.69, 9.17) is 9.94 Å². The van der Waals surface area contributed by atoms with Crippen LogP contribution in [0.1, 0.15) is 44.1 Å². The third-order valence-corrected chi connectivity index (χ3v) is 5.15. The fourth-order valence-corrected chi connectivity index (χ4v) is 3.75. The first-order valence-electron chi connectivity index (χ1n) is 9.34. The number of benzene rings is 1. The second kappa shape index (κ2) is 9.02. The van der Waals surface area contributed by atoms with E-state index in [0.717, 1.165) is 38.8 Å². The van der Waals surface area contributed by atoms with Crippen molar-refractivity contribution in [3.05, 3.63) is 41.6 Å². The zero-order valence-corrected chi connectivity index (χ0v) is 14.7. The van der Waals surface area contributed by atoms with Gasteiger partial charge in [-0.2, -0.15) is 0 Å². The van der Waals surface area contributed by atoms with E-state index in [0.29, 0.717) is 13.2 Å². The lowest BCUT2D eigenvalue weighted by Gasteiger charge is -2.30. The molecule has 0 saturated carbocycles. The third kappa shape index (κ3) is 5.06. The molecule has 0 amide bonds. The maximum Gasteiger partial charge on any atom is 0.307 e. The van der Waals surface area contributed by atoms with Gasteiger partial charge < -0.3 is 10.0 Å². The van der Waals surface area contributed by atoms with Crippen molar-refractivity contribution in [3.63, 3.8) is 0 Å². The Hall–Kier alpha value is -1.85. The van der Waals surface area contributed by atoms with Gasteiger partial charge in [0.05, 0.1) is 12.5 Å². The number of nitrogens with zero attached hydrogens (tertiary/aromatic N) is 1. The quantitative estimate of drug-likeness (QED) is 0.587. The molecule has 25 heavy (non-hydrogen) atoms. The van der Waals surface area contributed by atoms with Crippen LogP contribution in [-0.2, 0) is 9.63 Å². The third-order valence-electron chi connectivity index (χ3n) is 5.15. The molecule has 0 spiro atoms. The number of aliphatic carboxylic acids is 1. The van der Waals surface area contributed by atoms with Crippen molar-refractivity contribution in [2.24, 2.45) is 5.92 Å². The summed E-state index contributed by atoms with van der Waals surface area (Å²) in [5, 5.41) is 9.16. The maximum atomic E-state index is 11.1. The molecule has 136 valence electrons. The molecule has 3 rings (SSSR count). The Kier molecular flexibility index (Phi) is 6.48. The number of carboxylic acids is 1. The van der Waals surface area contributed by atoms with Crippen molar-refractivity contribution in [2.45, 2.75) is 38.5 Å². The van der Waals surface area contributed by atoms with E-state index in [1.165, 1.54) is 29.7 Å². The summed E-state index contributed by atoms with van der Waals surface area (Å²) in [6, 6.07) is 10.5. The predicted molar refractivity (Wildman–Crippen MR) is 97.7 cm³/mol. The first-order valence-corrected chi connectivity index (χ1v) is 9.34. The van der Waals surface area contributed by atoms with E-state index in [-0.39, 0.29) is 5.92 Å². The summed E-state index contributed by atoms with van der Waals surface area (Å²) in [7, 11) is 0. The monoisotopic (exact) mass is 344 g/mol. The fraction of sp³-hybridized carbons (Fsp3) is 0.550. The predicted octanol–water partition coefficient (Wildman–Crippen LogP) is 3.29. The van der Waals surface area contributed by atoms with Crippen LogP contribution >= 0.6 is 0 Å². The van der Waals surface area contributed by atoms with Gasteiger partial charge in [-0.1, -0.05) is 30.3 Å². The minimum atomic E-state index is -0.677. The molecule has 1 aromatic carbocycles. The molecule has 0 unspecified atom stereocenters. The van der Waals surface area contributed by atoms with Crippen molar-refractivity contribution in [1.29, 1.82) is 0 Å². The lowest BCUT2D eigenvalue weighted by atomic mass is 9.91. The van der Waals surface area contributed by atoms with Gasteiger partial charge in [-0.05, 0) is 56.2 Å². The van der Waals surface area contributed by atoms with Crippen LogP contribution < -0.4 is 5.48 Å². The Labute approximate surface area is 149 Å². The van der Waals surface area contributed by atoms with Crippen LogP contribution in [0.2, 0.25) is 0 Å². The van der Waals surface area contributed by atoms with Crippen molar-refractivity contribution in [1.82, 2.24) is 10.4 Å². The zero-order chi connectivity index (χ0) is 17.5. The Morgan fingerprint density at radius 1 is 1.20 bits per heavy atom. The van der Waals surface area contributed by atoms with Gasteiger partial charge in [0.15, 0.2) is 0 Å². The van der Waals surface area contributed by atoms with Crippen molar-refractivity contribution in [2.75, 3.05) is 26.2 Å². The molecule has 1 aliphatic heterocycles. The second-order valence-corrected chi connectivity index (χ2v) is 6.96. The highest BCUT2D eigenvalue weighted by Gasteiger charge is 2.25. The van der Waals surface area contributed by atoms with Crippen LogP contribution in [0.3, 0.4) is 0 Å². The molecule has 0 radical (unpaired) electrons. The Morgan fingerprint density at radius 3 is 2.80 bits per heavy atom. The molecule has 1 saturated heterocycles. The van der Waals surface area contributed by atoms with E-state index >= 15 is 0 Å². The maximum absolute atomic E-state index is 11.1. The van der Waals surface area contributed by atoms with Gasteiger partial charge in [-0.25, -0.2) is 0 Å². The minimum Gasteiger partial charge on any atom is -0.481 e. The molecule has 2 N–H and O–H groups in total. The number of rotatable bonds is 7. The number of hydrogen-bond donors (Lipinski definition) is 2. The zero-order valence-electron chi connectivity index (χ0n) is 14.7. The average molecular weight is 344 g/mol. The van der Waals surface area contributed by atoms with Crippen LogP contribution in [0.15, 0.2) is 36.0 Å². The topological polar surface area (TPSA) is 61.8 Å². The smallest absolute Gasteiger partial charge is 0.307 e. The second-order valence-electron chi connectivity index (χ2n) is 6.96. The first-order chi connectivity index (χ1) is 12.2. The van der Waals surface area contributed by atoms with Crippen molar-refractivity contribution in [3.8, 4) is 0 Å². The lowest BCUT2D eigenvalue weighted by molar-refractivity contribution is -0.143. The van der Waals surface area contributed by atoms with Crippen LogP contribution in [0.5, 0.6) is 0 Å². The van der Waals surface area contributed by atoms with E-state index in [1.54, 1.807) is 0 Å². The SMILES string of the molecule is O=C(O)[C@@H]1CCCN(CCONC2=C(c3ccccc3)CCCC2)C1. The van der Waals surface area contributed by atoms with Gasteiger partial charge in [-0.15, -0.1) is 0 Å². The number of carboxylic acid groups (broad SMARTS) is 1. The highest BCUT2D eigenvalue weighted by Crippen LogP contribution is 2.30. The van der Waals surface area contributed by atoms with E-state index < -0.39 is 5.97 Å². The number of hydrogen-bond acceptors (Lipinski definition) is 4. The summed E-state index contributed by atoms with van der Waals surface area (Å²) >= 11 is 0. The molecule has 5 nitrogen and oxygen atoms in total. The molecule has 0 bridgehead atoms. The number of likely N-dealkylation sites (tertiary alicyclic amines) is 1. The highest BCUT2D eigenvalue weighted by atomic mass is 16.6. The van der Waals surface area contributed by atoms with Gasteiger partial charge in [0.25, 0.3) is 0 Å². The molecule has 2 aliphatic rings. The summed E-state index contributed by atoms with van der Waals surface area (Å²) in [6.07, 6.45) is 6.26. The lowest BCUT2D eigenvalue weighted by Crippen LogP contribution is -2.40. The Morgan fingerprint density at radius 2 is 2.00 bits per heavy atom. The van der Waals surface area contributed by atoms with Crippen molar-refractivity contribution >= 4 is 11.5 Å². The summed E-state index contributed by atoms with van der Waals surface area (Å²) in [5.74, 6) is -0.906. The average Bonchev–Trinajstić information content (AvgIpc) is 2.66. The van der Waals surface area contributed by atoms with Gasteiger partial charge >= 0.3 is 5.97 Å². The van der Waals surface area contributed by atoms with Crippen LogP contribution in [0.4, 0.5) is 0 Å². The molecule has 1 atom stereocenters. The van der Waals surface area contributed by atoms with E-state index in [9.17, 15) is 4.79 Å². The number of nitrogens with one attached hydrogen (secondary N) is 1. The van der Waals surface area contributed by atoms with E-state index in [1.807, 2.05) is 6.07 Å². The van der Waals surface area contributed by atoms with Crippen LogP contribution in [-0.4, -0.2) is 42.2 Å². The summed E-state index contributed by atoms with van der Waals surface area (Å²) < 4.78 is 0. The molecule has 1 aromatic rings. The molecular weight excluding hydrogens is 316 g/mol. The highest BCUT2D eigenvalue weighted by molar-refractivity contribution is 5.70. The molecule has 0 aromatic heterocycles. The number of piperidine rings is 1. The molecule has 1 fully saturated rings. The minimum absolute atomic E-state index is 0.229. The van der Waals surface area contributed by atoms with Crippen LogP contribution in [0.25, 0.3) is 5.57 Å². The number of hydroxylamine groups is 1. The molecule has 5 heteroatoms. The largest absolute Gasteiger partial charge is 0.481 e. The number of allylic oxidation sites excluding steroid dienone is 2. The normalized spacial score (nSPS) is 22.0. The van der Waals surface area contributed by atoms with Gasteiger partial charge in [0.2, 0.25) is 0 Å². The molecule has 1 aliphatic carbocycles. The van der Waals surface area contributed by atoms with Crippen molar-refractivity contribution < 1.29 is 14.7 Å². The number of carbonyl (C=O) groups is 1. The molecule has 1 heterocycles. The van der Waals surface area contributed by atoms with Gasteiger partial charge in [-0.3, -0.25) is 15.1 Å². The molecular formula is C20H28N2O3. The first kappa shape index (κ1) is 18.0. The summed E-state index contributed by atoms with van der Waals surface area (Å²) in [4.78, 5) is 19.0. The van der Waals surface area contributed by atoms with Crippen LogP contribution in [0, 0.1) is 5.92 Å².